The second kappa shape index (κ2) is 7.51. The Balaban J connectivity index is 1.92. The van der Waals surface area contributed by atoms with Crippen LogP contribution in [0.5, 0.6) is 11.5 Å². The molecule has 28 heavy (non-hydrogen) atoms. The average molecular weight is 397 g/mol. The summed E-state index contributed by atoms with van der Waals surface area (Å²) in [5.41, 5.74) is 2.60. The van der Waals surface area contributed by atoms with Crippen LogP contribution in [0, 0.1) is 6.92 Å². The van der Waals surface area contributed by atoms with E-state index in [2.05, 4.69) is 20.4 Å². The summed E-state index contributed by atoms with van der Waals surface area (Å²) in [7, 11) is 3.25. The number of hydrogen-bond acceptors (Lipinski definition) is 7. The van der Waals surface area contributed by atoms with Crippen LogP contribution in [-0.4, -0.2) is 45.6 Å². The SMILES string of the molecule is COc1ccc(OC)c([C@H]2SCC(=O)Nc3c2c(C)nn3-c2ncccn2)c1. The van der Waals surface area contributed by atoms with Gasteiger partial charge in [-0.05, 0) is 31.2 Å². The molecular weight excluding hydrogens is 378 g/mol. The van der Waals surface area contributed by atoms with E-state index in [-0.39, 0.29) is 11.2 Å². The van der Waals surface area contributed by atoms with E-state index in [4.69, 9.17) is 9.47 Å². The van der Waals surface area contributed by atoms with Crippen LogP contribution < -0.4 is 14.8 Å². The summed E-state index contributed by atoms with van der Waals surface area (Å²) >= 11 is 1.52. The number of aryl methyl sites for hydroxylation is 1. The van der Waals surface area contributed by atoms with E-state index in [0.717, 1.165) is 28.3 Å². The number of methoxy groups -OCH3 is 2. The van der Waals surface area contributed by atoms with Crippen molar-refractivity contribution in [3.63, 3.8) is 0 Å². The highest BCUT2D eigenvalue weighted by atomic mass is 32.2. The number of nitrogens with zero attached hydrogens (tertiary/aromatic N) is 4. The summed E-state index contributed by atoms with van der Waals surface area (Å²) in [5, 5.41) is 7.40. The van der Waals surface area contributed by atoms with E-state index in [1.807, 2.05) is 25.1 Å². The van der Waals surface area contributed by atoms with Gasteiger partial charge in [0.15, 0.2) is 0 Å². The van der Waals surface area contributed by atoms with E-state index in [0.29, 0.717) is 17.5 Å². The maximum absolute atomic E-state index is 12.4. The number of rotatable bonds is 4. The zero-order valence-corrected chi connectivity index (χ0v) is 16.5. The Morgan fingerprint density at radius 3 is 2.71 bits per heavy atom. The van der Waals surface area contributed by atoms with E-state index < -0.39 is 0 Å². The number of anilines is 1. The Morgan fingerprint density at radius 1 is 1.21 bits per heavy atom. The molecular formula is C19H19N5O3S. The lowest BCUT2D eigenvalue weighted by atomic mass is 10.0. The highest BCUT2D eigenvalue weighted by Crippen LogP contribution is 2.47. The van der Waals surface area contributed by atoms with Crippen molar-refractivity contribution in [1.82, 2.24) is 19.7 Å². The van der Waals surface area contributed by atoms with Crippen LogP contribution in [0.4, 0.5) is 5.82 Å². The Morgan fingerprint density at radius 2 is 2.00 bits per heavy atom. The first kappa shape index (κ1) is 18.3. The van der Waals surface area contributed by atoms with Gasteiger partial charge in [-0.25, -0.2) is 9.97 Å². The van der Waals surface area contributed by atoms with Gasteiger partial charge in [-0.3, -0.25) is 4.79 Å². The number of nitrogens with one attached hydrogen (secondary N) is 1. The topological polar surface area (TPSA) is 91.2 Å². The molecule has 1 aliphatic rings. The summed E-state index contributed by atoms with van der Waals surface area (Å²) in [6.45, 7) is 1.91. The van der Waals surface area contributed by atoms with E-state index in [9.17, 15) is 4.79 Å². The average Bonchev–Trinajstić information content (AvgIpc) is 2.93. The molecule has 2 aromatic heterocycles. The molecule has 0 spiro atoms. The standard InChI is InChI=1S/C19H19N5O3S/c1-11-16-17(13-9-12(26-2)5-6-14(13)27-3)28-10-15(25)22-18(16)24(23-11)19-20-7-4-8-21-19/h4-9,17H,10H2,1-3H3,(H,22,25)/t17-/m1/s1. The van der Waals surface area contributed by atoms with Crippen LogP contribution in [0.1, 0.15) is 22.1 Å². The van der Waals surface area contributed by atoms with Crippen LogP contribution in [0.15, 0.2) is 36.7 Å². The molecule has 0 radical (unpaired) electrons. The van der Waals surface area contributed by atoms with Gasteiger partial charge in [-0.2, -0.15) is 9.78 Å². The molecule has 1 N–H and O–H groups in total. The zero-order chi connectivity index (χ0) is 19.7. The van der Waals surface area contributed by atoms with Crippen molar-refractivity contribution in [2.75, 3.05) is 25.3 Å². The van der Waals surface area contributed by atoms with E-state index in [1.54, 1.807) is 37.4 Å². The Labute approximate surface area is 166 Å². The fourth-order valence-electron chi connectivity index (χ4n) is 3.22. The molecule has 1 amide bonds. The summed E-state index contributed by atoms with van der Waals surface area (Å²) < 4.78 is 12.6. The van der Waals surface area contributed by atoms with Gasteiger partial charge in [0.05, 0.1) is 30.9 Å². The third-order valence-electron chi connectivity index (χ3n) is 4.47. The third kappa shape index (κ3) is 3.18. The number of amides is 1. The third-order valence-corrected chi connectivity index (χ3v) is 5.72. The predicted octanol–water partition coefficient (Wildman–Crippen LogP) is 2.76. The Hall–Kier alpha value is -3.07. The van der Waals surface area contributed by atoms with Crippen molar-refractivity contribution in [2.45, 2.75) is 12.2 Å². The van der Waals surface area contributed by atoms with Gasteiger partial charge in [0.2, 0.25) is 5.91 Å². The first-order valence-corrected chi connectivity index (χ1v) is 9.67. The molecule has 8 nitrogen and oxygen atoms in total. The van der Waals surface area contributed by atoms with Crippen molar-refractivity contribution in [2.24, 2.45) is 0 Å². The Bertz CT molecular complexity index is 1020. The monoisotopic (exact) mass is 397 g/mol. The second-order valence-corrected chi connectivity index (χ2v) is 7.25. The van der Waals surface area contributed by atoms with Gasteiger partial charge >= 0.3 is 0 Å². The van der Waals surface area contributed by atoms with Gasteiger partial charge in [-0.15, -0.1) is 11.8 Å². The fourth-order valence-corrected chi connectivity index (χ4v) is 4.42. The molecule has 0 saturated heterocycles. The maximum atomic E-state index is 12.4. The fraction of sp³-hybridized carbons (Fsp3) is 0.263. The van der Waals surface area contributed by atoms with Crippen molar-refractivity contribution in [3.8, 4) is 17.4 Å². The summed E-state index contributed by atoms with van der Waals surface area (Å²) in [4.78, 5) is 21.0. The van der Waals surface area contributed by atoms with Crippen LogP contribution in [0.3, 0.4) is 0 Å². The summed E-state index contributed by atoms with van der Waals surface area (Å²) in [6, 6.07) is 7.39. The lowest BCUT2D eigenvalue weighted by Gasteiger charge is -2.19. The van der Waals surface area contributed by atoms with Crippen LogP contribution in [0.25, 0.3) is 5.95 Å². The second-order valence-electron chi connectivity index (χ2n) is 6.16. The largest absolute Gasteiger partial charge is 0.497 e. The molecule has 0 unspecified atom stereocenters. The lowest BCUT2D eigenvalue weighted by molar-refractivity contribution is -0.113. The number of carbonyl (C=O) groups excluding carboxylic acids is 1. The maximum Gasteiger partial charge on any atom is 0.252 e. The van der Waals surface area contributed by atoms with Crippen molar-refractivity contribution < 1.29 is 14.3 Å². The normalized spacial score (nSPS) is 16.1. The molecule has 3 aromatic rings. The molecule has 0 bridgehead atoms. The number of fused-ring (bicyclic) bond motifs is 1. The molecule has 3 heterocycles. The first-order chi connectivity index (χ1) is 13.6. The van der Waals surface area contributed by atoms with Crippen molar-refractivity contribution in [1.29, 1.82) is 0 Å². The van der Waals surface area contributed by atoms with Crippen molar-refractivity contribution in [3.05, 3.63) is 53.5 Å². The smallest absolute Gasteiger partial charge is 0.252 e. The Kier molecular flexibility index (Phi) is 4.91. The number of thioether (sulfide) groups is 1. The molecule has 1 atom stereocenters. The quantitative estimate of drug-likeness (QED) is 0.724. The number of carbonyl (C=O) groups is 1. The van der Waals surface area contributed by atoms with Gasteiger partial charge in [0, 0.05) is 23.5 Å². The molecule has 144 valence electrons. The molecule has 0 fully saturated rings. The summed E-state index contributed by atoms with van der Waals surface area (Å²) in [6.07, 6.45) is 3.28. The molecule has 0 saturated carbocycles. The van der Waals surface area contributed by atoms with Crippen molar-refractivity contribution >= 4 is 23.5 Å². The van der Waals surface area contributed by atoms with Crippen LogP contribution >= 0.6 is 11.8 Å². The number of benzene rings is 1. The minimum absolute atomic E-state index is 0.104. The van der Waals surface area contributed by atoms with Gasteiger partial charge in [0.1, 0.15) is 17.3 Å². The minimum Gasteiger partial charge on any atom is -0.497 e. The van der Waals surface area contributed by atoms with E-state index >= 15 is 0 Å². The van der Waals surface area contributed by atoms with Gasteiger partial charge < -0.3 is 14.8 Å². The van der Waals surface area contributed by atoms with Crippen LogP contribution in [-0.2, 0) is 4.79 Å². The van der Waals surface area contributed by atoms with Gasteiger partial charge in [-0.1, -0.05) is 0 Å². The lowest BCUT2D eigenvalue weighted by Crippen LogP contribution is -2.16. The number of aromatic nitrogens is 4. The molecule has 1 aromatic carbocycles. The van der Waals surface area contributed by atoms with Gasteiger partial charge in [0.25, 0.3) is 5.95 Å². The molecule has 4 rings (SSSR count). The predicted molar refractivity (Wildman–Crippen MR) is 106 cm³/mol. The molecule has 0 aliphatic carbocycles. The number of hydrogen-bond donors (Lipinski definition) is 1. The number of ether oxygens (including phenoxy) is 2. The molecule has 9 heteroatoms. The molecule has 1 aliphatic heterocycles. The highest BCUT2D eigenvalue weighted by Gasteiger charge is 2.32. The van der Waals surface area contributed by atoms with E-state index in [1.165, 1.54) is 11.8 Å². The summed E-state index contributed by atoms with van der Waals surface area (Å²) in [5.74, 6) is 2.62. The first-order valence-electron chi connectivity index (χ1n) is 8.62. The highest BCUT2D eigenvalue weighted by molar-refractivity contribution is 8.00. The zero-order valence-electron chi connectivity index (χ0n) is 15.7. The van der Waals surface area contributed by atoms with Crippen LogP contribution in [0.2, 0.25) is 0 Å². The minimum atomic E-state index is -0.170.